The summed E-state index contributed by atoms with van der Waals surface area (Å²) in [7, 11) is -4.17. The molecule has 0 bridgehead atoms. The smallest absolute Gasteiger partial charge is 0.324 e. The molecular formula is C32H39N2O4P. The number of para-hydroxylation sites is 1. The molecule has 0 aliphatic rings. The van der Waals surface area contributed by atoms with Gasteiger partial charge in [-0.2, -0.15) is 0 Å². The zero-order valence-electron chi connectivity index (χ0n) is 22.9. The fourth-order valence-electron chi connectivity index (χ4n) is 5.56. The molecule has 0 spiro atoms. The van der Waals surface area contributed by atoms with Gasteiger partial charge in [0.2, 0.25) is 0 Å². The minimum Gasteiger partial charge on any atom is -0.324 e. The van der Waals surface area contributed by atoms with Crippen LogP contribution >= 0.6 is 7.60 Å². The first kappa shape index (κ1) is 28.8. The van der Waals surface area contributed by atoms with Crippen molar-refractivity contribution in [3.05, 3.63) is 101 Å². The van der Waals surface area contributed by atoms with Crippen LogP contribution in [0.15, 0.2) is 95.8 Å². The van der Waals surface area contributed by atoms with Gasteiger partial charge in [0.1, 0.15) is 0 Å². The average molecular weight is 547 g/mol. The SMILES string of the molecule is CCC(CC)(CCCCCCn1c(-c2ccccc2)c(-c2ccccc2)n(-c2ccccc2)c1=O)P(=O)(O)O. The maximum Gasteiger partial charge on any atom is 0.333 e. The van der Waals surface area contributed by atoms with E-state index in [9.17, 15) is 19.1 Å². The number of hydrogen-bond acceptors (Lipinski definition) is 2. The Labute approximate surface area is 231 Å². The minimum absolute atomic E-state index is 0.0728. The topological polar surface area (TPSA) is 84.5 Å². The quantitative estimate of drug-likeness (QED) is 0.133. The summed E-state index contributed by atoms with van der Waals surface area (Å²) in [5.41, 5.74) is 4.48. The summed E-state index contributed by atoms with van der Waals surface area (Å²) in [6.07, 6.45) is 4.76. The third-order valence-electron chi connectivity index (χ3n) is 7.96. The second-order valence-electron chi connectivity index (χ2n) is 10.2. The van der Waals surface area contributed by atoms with Crippen LogP contribution in [0.25, 0.3) is 28.2 Å². The van der Waals surface area contributed by atoms with Crippen LogP contribution in [0.4, 0.5) is 0 Å². The van der Waals surface area contributed by atoms with Gasteiger partial charge in [-0.1, -0.05) is 112 Å². The number of nitrogens with zero attached hydrogens (tertiary/aromatic N) is 2. The molecule has 206 valence electrons. The Kier molecular flexibility index (Phi) is 9.45. The van der Waals surface area contributed by atoms with Gasteiger partial charge in [-0.15, -0.1) is 0 Å². The molecule has 0 saturated heterocycles. The van der Waals surface area contributed by atoms with E-state index in [0.717, 1.165) is 53.9 Å². The number of hydrogen-bond donors (Lipinski definition) is 2. The lowest BCUT2D eigenvalue weighted by atomic mass is 9.94. The minimum atomic E-state index is -4.17. The summed E-state index contributed by atoms with van der Waals surface area (Å²) in [4.78, 5) is 33.9. The van der Waals surface area contributed by atoms with Crippen LogP contribution in [-0.4, -0.2) is 24.1 Å². The predicted molar refractivity (Wildman–Crippen MR) is 159 cm³/mol. The second-order valence-corrected chi connectivity index (χ2v) is 12.2. The van der Waals surface area contributed by atoms with E-state index in [1.165, 1.54) is 0 Å². The fourth-order valence-corrected chi connectivity index (χ4v) is 6.83. The van der Waals surface area contributed by atoms with Crippen molar-refractivity contribution in [2.75, 3.05) is 0 Å². The van der Waals surface area contributed by atoms with Gasteiger partial charge in [0.05, 0.1) is 22.2 Å². The van der Waals surface area contributed by atoms with Crippen molar-refractivity contribution in [2.24, 2.45) is 0 Å². The molecule has 0 unspecified atom stereocenters. The molecule has 0 atom stereocenters. The summed E-state index contributed by atoms with van der Waals surface area (Å²) in [5, 5.41) is -0.929. The van der Waals surface area contributed by atoms with Crippen LogP contribution in [-0.2, 0) is 11.1 Å². The lowest BCUT2D eigenvalue weighted by Gasteiger charge is -2.32. The third kappa shape index (κ3) is 6.19. The molecule has 0 radical (unpaired) electrons. The van der Waals surface area contributed by atoms with Crippen LogP contribution in [0.2, 0.25) is 0 Å². The van der Waals surface area contributed by atoms with Crippen LogP contribution in [0.1, 0.15) is 58.8 Å². The Morgan fingerprint density at radius 2 is 1.18 bits per heavy atom. The standard InChI is InChI=1S/C32H39N2O4P/c1-3-32(4-2,39(36,37)38)24-16-5-6-17-25-33-29(26-18-10-7-11-19-26)30(27-20-12-8-13-21-27)34(31(33)35)28-22-14-9-15-23-28/h7-15,18-23H,3-6,16-17,24-25H2,1-2H3,(H2,36,37,38). The first-order valence-corrected chi connectivity index (χ1v) is 15.5. The molecule has 7 heteroatoms. The van der Waals surface area contributed by atoms with E-state index < -0.39 is 12.8 Å². The number of unbranched alkanes of at least 4 members (excludes halogenated alkanes) is 3. The van der Waals surface area contributed by atoms with Crippen molar-refractivity contribution in [1.29, 1.82) is 0 Å². The maximum absolute atomic E-state index is 14.0. The molecule has 0 fully saturated rings. The molecule has 0 aliphatic heterocycles. The highest BCUT2D eigenvalue weighted by atomic mass is 31.2. The van der Waals surface area contributed by atoms with Gasteiger partial charge < -0.3 is 9.79 Å². The molecule has 39 heavy (non-hydrogen) atoms. The van der Waals surface area contributed by atoms with Crippen LogP contribution in [0.5, 0.6) is 0 Å². The second kappa shape index (κ2) is 12.8. The maximum atomic E-state index is 14.0. The molecule has 1 heterocycles. The Morgan fingerprint density at radius 1 is 0.692 bits per heavy atom. The number of imidazole rings is 1. The zero-order chi connectivity index (χ0) is 27.9. The first-order valence-electron chi connectivity index (χ1n) is 13.9. The van der Waals surface area contributed by atoms with Crippen LogP contribution < -0.4 is 5.69 Å². The number of benzene rings is 3. The summed E-state index contributed by atoms with van der Waals surface area (Å²) in [6.45, 7) is 4.29. The highest BCUT2D eigenvalue weighted by molar-refractivity contribution is 7.53. The first-order chi connectivity index (χ1) is 18.8. The summed E-state index contributed by atoms with van der Waals surface area (Å²) in [5.74, 6) is 0. The molecule has 0 aliphatic carbocycles. The molecule has 2 N–H and O–H groups in total. The molecule has 0 saturated carbocycles. The van der Waals surface area contributed by atoms with E-state index >= 15 is 0 Å². The summed E-state index contributed by atoms with van der Waals surface area (Å²) >= 11 is 0. The average Bonchev–Trinajstić information content (AvgIpc) is 3.25. The molecule has 4 aromatic rings. The molecular weight excluding hydrogens is 507 g/mol. The third-order valence-corrected chi connectivity index (χ3v) is 10.0. The van der Waals surface area contributed by atoms with E-state index in [1.807, 2.05) is 114 Å². The highest BCUT2D eigenvalue weighted by Crippen LogP contribution is 2.57. The molecule has 1 aromatic heterocycles. The van der Waals surface area contributed by atoms with Gasteiger partial charge in [0, 0.05) is 17.7 Å². The highest BCUT2D eigenvalue weighted by Gasteiger charge is 2.42. The van der Waals surface area contributed by atoms with Crippen molar-refractivity contribution in [3.8, 4) is 28.2 Å². The van der Waals surface area contributed by atoms with E-state index in [-0.39, 0.29) is 5.69 Å². The van der Waals surface area contributed by atoms with Crippen molar-refractivity contribution in [3.63, 3.8) is 0 Å². The molecule has 0 amide bonds. The van der Waals surface area contributed by atoms with Crippen molar-refractivity contribution in [1.82, 2.24) is 9.13 Å². The molecule has 3 aromatic carbocycles. The van der Waals surface area contributed by atoms with Crippen molar-refractivity contribution in [2.45, 2.75) is 70.5 Å². The van der Waals surface area contributed by atoms with Crippen molar-refractivity contribution < 1.29 is 14.4 Å². The Morgan fingerprint density at radius 3 is 1.69 bits per heavy atom. The van der Waals surface area contributed by atoms with Crippen molar-refractivity contribution >= 4 is 7.60 Å². The van der Waals surface area contributed by atoms with E-state index in [1.54, 1.807) is 0 Å². The Balaban J connectivity index is 1.64. The number of aromatic nitrogens is 2. The predicted octanol–water partition coefficient (Wildman–Crippen LogP) is 7.66. The monoisotopic (exact) mass is 546 g/mol. The number of rotatable bonds is 13. The van der Waals surface area contributed by atoms with Crippen LogP contribution in [0.3, 0.4) is 0 Å². The lowest BCUT2D eigenvalue weighted by Crippen LogP contribution is -2.27. The van der Waals surface area contributed by atoms with E-state index in [2.05, 4.69) is 0 Å². The van der Waals surface area contributed by atoms with Gasteiger partial charge in [-0.3, -0.25) is 13.7 Å². The van der Waals surface area contributed by atoms with Gasteiger partial charge in [-0.25, -0.2) is 4.79 Å². The van der Waals surface area contributed by atoms with Crippen LogP contribution in [0, 0.1) is 0 Å². The van der Waals surface area contributed by atoms with E-state index in [0.29, 0.717) is 25.8 Å². The molecule has 4 rings (SSSR count). The summed E-state index contributed by atoms with van der Waals surface area (Å²) in [6, 6.07) is 29.9. The Hall–Kier alpha value is -3.18. The van der Waals surface area contributed by atoms with Gasteiger partial charge >= 0.3 is 13.3 Å². The Bertz CT molecular complexity index is 1440. The van der Waals surface area contributed by atoms with Gasteiger partial charge in [0.25, 0.3) is 0 Å². The summed E-state index contributed by atoms with van der Waals surface area (Å²) < 4.78 is 15.9. The van der Waals surface area contributed by atoms with Gasteiger partial charge in [-0.05, 0) is 37.8 Å². The fraction of sp³-hybridized carbons (Fsp3) is 0.344. The zero-order valence-corrected chi connectivity index (χ0v) is 23.8. The van der Waals surface area contributed by atoms with Gasteiger partial charge in [0.15, 0.2) is 0 Å². The normalized spacial score (nSPS) is 12.1. The molecule has 6 nitrogen and oxygen atoms in total. The van der Waals surface area contributed by atoms with E-state index in [4.69, 9.17) is 0 Å². The largest absolute Gasteiger partial charge is 0.333 e. The lowest BCUT2D eigenvalue weighted by molar-refractivity contribution is 0.300.